The lowest BCUT2D eigenvalue weighted by Gasteiger charge is -2.30. The number of fused-ring (bicyclic) bond motifs is 1. The predicted octanol–water partition coefficient (Wildman–Crippen LogP) is 2.17. The Hall–Kier alpha value is -2.58. The van der Waals surface area contributed by atoms with Crippen LogP contribution >= 0.6 is 7.60 Å². The molecule has 0 spiro atoms. The second kappa shape index (κ2) is 9.70. The van der Waals surface area contributed by atoms with E-state index in [-0.39, 0.29) is 12.5 Å². The molecule has 2 aromatic rings. The molecule has 0 saturated carbocycles. The van der Waals surface area contributed by atoms with Crippen LogP contribution in [0.5, 0.6) is 0 Å². The predicted molar refractivity (Wildman–Crippen MR) is 115 cm³/mol. The lowest BCUT2D eigenvalue weighted by Crippen LogP contribution is -2.36. The van der Waals surface area contributed by atoms with E-state index in [0.717, 1.165) is 18.4 Å². The quantitative estimate of drug-likeness (QED) is 0.515. The van der Waals surface area contributed by atoms with Gasteiger partial charge in [0.05, 0.1) is 31.7 Å². The number of aromatic nitrogens is 3. The van der Waals surface area contributed by atoms with Crippen LogP contribution in [0.3, 0.4) is 0 Å². The molecule has 4 heterocycles. The molecule has 2 aliphatic heterocycles. The molecular formula is C21H26N5O4P. The van der Waals surface area contributed by atoms with Gasteiger partial charge in [-0.1, -0.05) is 12.2 Å². The summed E-state index contributed by atoms with van der Waals surface area (Å²) in [7, 11) is -3.41. The van der Waals surface area contributed by atoms with Crippen LogP contribution in [0.4, 0.5) is 0 Å². The van der Waals surface area contributed by atoms with Gasteiger partial charge < -0.3 is 19.6 Å². The van der Waals surface area contributed by atoms with Crippen molar-refractivity contribution < 1.29 is 18.3 Å². The lowest BCUT2D eigenvalue weighted by molar-refractivity contribution is 0.0417. The molecule has 0 amide bonds. The van der Waals surface area contributed by atoms with E-state index in [1.165, 1.54) is 0 Å². The molecule has 0 aliphatic carbocycles. The SMILES string of the molecule is C=C[C@H](Cn1cnc2/c1=N\C=C/CC/C=2N)OCP1(=O)OCCC(c2ccncc2)O1. The summed E-state index contributed by atoms with van der Waals surface area (Å²) in [6.07, 6.45) is 11.7. The minimum absolute atomic E-state index is 0.173. The number of rotatable bonds is 7. The first kappa shape index (κ1) is 21.6. The number of nitrogens with two attached hydrogens (primary N) is 1. The standard InChI is InChI=1S/C21H26N5O4P/c1-2-17(13-26-14-25-20-18(22)5-3-4-9-24-21(20)26)28-15-31(27)29-12-8-19(30-31)16-6-10-23-11-7-16/h2,4,6-7,9-11,14,17,19H,1,3,5,8,12-13,15,22H2/b9-4-,20-18+,24-21+/t17-,19?,31?/m1/s1. The number of nitrogens with zero attached hydrogens (tertiary/aromatic N) is 4. The van der Waals surface area contributed by atoms with Gasteiger partial charge in [0, 0.05) is 30.7 Å². The molecule has 2 aromatic heterocycles. The Kier molecular flexibility index (Phi) is 6.77. The summed E-state index contributed by atoms with van der Waals surface area (Å²) in [5, 5.41) is 0.680. The van der Waals surface area contributed by atoms with Gasteiger partial charge in [0.2, 0.25) is 0 Å². The molecule has 2 N–H and O–H groups in total. The Labute approximate surface area is 180 Å². The van der Waals surface area contributed by atoms with Gasteiger partial charge in [0.15, 0.2) is 5.49 Å². The maximum Gasteiger partial charge on any atom is 0.356 e. The van der Waals surface area contributed by atoms with Crippen LogP contribution in [0.1, 0.15) is 30.9 Å². The Bertz CT molecular complexity index is 1110. The first-order chi connectivity index (χ1) is 15.1. The van der Waals surface area contributed by atoms with Crippen molar-refractivity contribution in [2.75, 3.05) is 13.0 Å². The molecule has 164 valence electrons. The van der Waals surface area contributed by atoms with Crippen molar-refractivity contribution in [3.05, 3.63) is 72.2 Å². The van der Waals surface area contributed by atoms with Gasteiger partial charge in [-0.15, -0.1) is 6.58 Å². The van der Waals surface area contributed by atoms with Crippen molar-refractivity contribution in [3.63, 3.8) is 0 Å². The van der Waals surface area contributed by atoms with E-state index in [9.17, 15) is 4.57 Å². The zero-order chi connectivity index (χ0) is 21.7. The van der Waals surface area contributed by atoms with Crippen molar-refractivity contribution >= 4 is 13.3 Å². The number of hydrogen-bond acceptors (Lipinski definition) is 8. The van der Waals surface area contributed by atoms with Crippen LogP contribution in [-0.2, 0) is 24.9 Å². The normalized spacial score (nSPS) is 28.4. The number of pyridine rings is 1. The van der Waals surface area contributed by atoms with Gasteiger partial charge >= 0.3 is 7.60 Å². The van der Waals surface area contributed by atoms with Gasteiger partial charge in [0.1, 0.15) is 11.7 Å². The van der Waals surface area contributed by atoms with E-state index in [1.54, 1.807) is 31.0 Å². The van der Waals surface area contributed by atoms with Gasteiger partial charge in [-0.3, -0.25) is 14.1 Å². The third-order valence-corrected chi connectivity index (χ3v) is 6.73. The van der Waals surface area contributed by atoms with Crippen LogP contribution < -0.4 is 16.6 Å². The summed E-state index contributed by atoms with van der Waals surface area (Å²) < 4.78 is 32.1. The molecule has 1 fully saturated rings. The zero-order valence-electron chi connectivity index (χ0n) is 17.2. The van der Waals surface area contributed by atoms with E-state index in [4.69, 9.17) is 19.5 Å². The fourth-order valence-corrected chi connectivity index (χ4v) is 5.02. The van der Waals surface area contributed by atoms with Crippen LogP contribution in [0, 0.1) is 0 Å². The number of allylic oxidation sites excluding steroid dienone is 1. The average Bonchev–Trinajstić information content (AvgIpc) is 3.17. The molecule has 31 heavy (non-hydrogen) atoms. The monoisotopic (exact) mass is 443 g/mol. The molecule has 0 radical (unpaired) electrons. The van der Waals surface area contributed by atoms with E-state index in [1.807, 2.05) is 22.8 Å². The highest BCUT2D eigenvalue weighted by atomic mass is 31.2. The van der Waals surface area contributed by atoms with Gasteiger partial charge in [0.25, 0.3) is 0 Å². The van der Waals surface area contributed by atoms with Crippen molar-refractivity contribution in [1.82, 2.24) is 14.5 Å². The van der Waals surface area contributed by atoms with Crippen LogP contribution in [0.25, 0.3) is 5.70 Å². The van der Waals surface area contributed by atoms with Crippen LogP contribution in [-0.4, -0.2) is 33.6 Å². The molecule has 0 bridgehead atoms. The summed E-state index contributed by atoms with van der Waals surface area (Å²) >= 11 is 0. The molecule has 0 aromatic carbocycles. The Morgan fingerprint density at radius 2 is 2.26 bits per heavy atom. The average molecular weight is 443 g/mol. The third-order valence-electron chi connectivity index (χ3n) is 5.12. The maximum atomic E-state index is 13.1. The summed E-state index contributed by atoms with van der Waals surface area (Å²) in [5.74, 6) is 0. The molecular weight excluding hydrogens is 417 g/mol. The fraction of sp³-hybridized carbons (Fsp3) is 0.381. The Morgan fingerprint density at radius 3 is 3.06 bits per heavy atom. The lowest BCUT2D eigenvalue weighted by atomic mass is 10.1. The van der Waals surface area contributed by atoms with Gasteiger partial charge in [-0.25, -0.2) is 9.98 Å². The van der Waals surface area contributed by atoms with Gasteiger partial charge in [-0.2, -0.15) is 0 Å². The fourth-order valence-electron chi connectivity index (χ4n) is 3.45. The Balaban J connectivity index is 1.44. The zero-order valence-corrected chi connectivity index (χ0v) is 18.1. The smallest absolute Gasteiger partial charge is 0.356 e. The molecule has 4 rings (SSSR count). The molecule has 3 atom stereocenters. The summed E-state index contributed by atoms with van der Waals surface area (Å²) in [6, 6.07) is 3.70. The van der Waals surface area contributed by atoms with Crippen LogP contribution in [0.2, 0.25) is 0 Å². The topological polar surface area (TPSA) is 114 Å². The van der Waals surface area contributed by atoms with Crippen molar-refractivity contribution in [3.8, 4) is 0 Å². The second-order valence-corrected chi connectivity index (χ2v) is 9.27. The molecule has 2 aliphatic rings. The molecule has 10 heteroatoms. The van der Waals surface area contributed by atoms with E-state index < -0.39 is 13.7 Å². The highest BCUT2D eigenvalue weighted by Crippen LogP contribution is 2.56. The Morgan fingerprint density at radius 1 is 1.42 bits per heavy atom. The number of ether oxygens (including phenoxy) is 1. The third kappa shape index (κ3) is 5.19. The van der Waals surface area contributed by atoms with E-state index in [0.29, 0.717) is 36.1 Å². The molecule has 9 nitrogen and oxygen atoms in total. The van der Waals surface area contributed by atoms with E-state index in [2.05, 4.69) is 21.5 Å². The summed E-state index contributed by atoms with van der Waals surface area (Å²) in [6.45, 7) is 4.57. The highest BCUT2D eigenvalue weighted by molar-refractivity contribution is 7.53. The first-order valence-electron chi connectivity index (χ1n) is 10.2. The van der Waals surface area contributed by atoms with Crippen LogP contribution in [0.15, 0.2) is 60.8 Å². The maximum absolute atomic E-state index is 13.1. The first-order valence-corrected chi connectivity index (χ1v) is 11.9. The molecule has 1 saturated heterocycles. The van der Waals surface area contributed by atoms with Crippen molar-refractivity contribution in [2.45, 2.75) is 38.0 Å². The largest absolute Gasteiger partial charge is 0.400 e. The van der Waals surface area contributed by atoms with Gasteiger partial charge in [-0.05, 0) is 30.5 Å². The second-order valence-electron chi connectivity index (χ2n) is 7.32. The highest BCUT2D eigenvalue weighted by Gasteiger charge is 2.35. The van der Waals surface area contributed by atoms with Crippen molar-refractivity contribution in [2.24, 2.45) is 10.7 Å². The number of imidazole rings is 1. The minimum atomic E-state index is -3.41. The minimum Gasteiger partial charge on any atom is -0.400 e. The van der Waals surface area contributed by atoms with Crippen molar-refractivity contribution in [1.29, 1.82) is 0 Å². The summed E-state index contributed by atoms with van der Waals surface area (Å²) in [5.41, 5.74) is 8.43. The van der Waals surface area contributed by atoms with E-state index >= 15 is 0 Å². The molecule has 2 unspecified atom stereocenters. The number of hydrogen-bond donors (Lipinski definition) is 1. The summed E-state index contributed by atoms with van der Waals surface area (Å²) in [4.78, 5) is 12.9.